The van der Waals surface area contributed by atoms with Crippen LogP contribution in [0.25, 0.3) is 10.8 Å². The topological polar surface area (TPSA) is 26.0 Å². The van der Waals surface area contributed by atoms with E-state index in [0.29, 0.717) is 6.42 Å². The van der Waals surface area contributed by atoms with Crippen LogP contribution in [0.15, 0.2) is 65.1 Å². The summed E-state index contributed by atoms with van der Waals surface area (Å²) in [6.45, 7) is 0. The van der Waals surface area contributed by atoms with E-state index in [1.807, 2.05) is 18.2 Å². The monoisotopic (exact) mass is 343 g/mol. The lowest BCUT2D eigenvalue weighted by Gasteiger charge is -2.14. The molecule has 0 aliphatic heterocycles. The van der Waals surface area contributed by atoms with Crippen molar-refractivity contribution in [1.82, 2.24) is 0 Å². The zero-order chi connectivity index (χ0) is 14.8. The molecule has 0 saturated heterocycles. The number of benzene rings is 3. The fourth-order valence-electron chi connectivity index (χ4n) is 2.49. The molecule has 2 N–H and O–H groups in total. The fourth-order valence-corrected chi connectivity index (χ4v) is 2.90. The molecule has 1 nitrogen and oxygen atoms in total. The van der Waals surface area contributed by atoms with Crippen molar-refractivity contribution in [3.8, 4) is 0 Å². The van der Waals surface area contributed by atoms with Crippen molar-refractivity contribution in [2.75, 3.05) is 0 Å². The van der Waals surface area contributed by atoms with Gasteiger partial charge in [-0.2, -0.15) is 0 Å². The van der Waals surface area contributed by atoms with Crippen LogP contribution >= 0.6 is 15.9 Å². The molecule has 0 fully saturated rings. The van der Waals surface area contributed by atoms with Crippen LogP contribution < -0.4 is 5.73 Å². The van der Waals surface area contributed by atoms with Gasteiger partial charge in [0, 0.05) is 10.5 Å². The summed E-state index contributed by atoms with van der Waals surface area (Å²) < 4.78 is 14.2. The van der Waals surface area contributed by atoms with Gasteiger partial charge in [0.05, 0.1) is 0 Å². The molecule has 1 unspecified atom stereocenters. The maximum atomic E-state index is 13.3. The fraction of sp³-hybridized carbons (Fsp3) is 0.111. The normalized spacial score (nSPS) is 12.5. The van der Waals surface area contributed by atoms with Gasteiger partial charge in [-0.3, -0.25) is 0 Å². The predicted molar refractivity (Wildman–Crippen MR) is 88.7 cm³/mol. The first-order valence-corrected chi connectivity index (χ1v) is 7.61. The molecule has 0 radical (unpaired) electrons. The van der Waals surface area contributed by atoms with E-state index in [1.54, 1.807) is 6.07 Å². The Labute approximate surface area is 131 Å². The first-order valence-electron chi connectivity index (χ1n) is 6.82. The number of halogens is 2. The molecule has 0 saturated carbocycles. The average molecular weight is 344 g/mol. The van der Waals surface area contributed by atoms with E-state index in [2.05, 4.69) is 40.2 Å². The molecule has 0 aliphatic rings. The molecule has 3 rings (SSSR count). The van der Waals surface area contributed by atoms with Crippen molar-refractivity contribution in [2.24, 2.45) is 5.73 Å². The Kier molecular flexibility index (Phi) is 4.04. The Morgan fingerprint density at radius 3 is 2.52 bits per heavy atom. The third-order valence-corrected chi connectivity index (χ3v) is 4.42. The second-order valence-corrected chi connectivity index (χ2v) is 6.01. The largest absolute Gasteiger partial charge is 0.324 e. The highest BCUT2D eigenvalue weighted by molar-refractivity contribution is 9.10. The van der Waals surface area contributed by atoms with Gasteiger partial charge in [0.15, 0.2) is 0 Å². The lowest BCUT2D eigenvalue weighted by molar-refractivity contribution is 0.621. The number of fused-ring (bicyclic) bond motifs is 1. The smallest absolute Gasteiger partial charge is 0.123 e. The van der Waals surface area contributed by atoms with Crippen LogP contribution in [-0.4, -0.2) is 0 Å². The van der Waals surface area contributed by atoms with Crippen LogP contribution in [0.3, 0.4) is 0 Å². The van der Waals surface area contributed by atoms with Crippen LogP contribution in [0.4, 0.5) is 4.39 Å². The van der Waals surface area contributed by atoms with E-state index < -0.39 is 0 Å². The molecule has 0 aliphatic carbocycles. The number of rotatable bonds is 3. The van der Waals surface area contributed by atoms with E-state index in [0.717, 1.165) is 15.6 Å². The molecular formula is C18H15BrFN. The predicted octanol–water partition coefficient (Wildman–Crippen LogP) is 4.98. The zero-order valence-electron chi connectivity index (χ0n) is 11.4. The second-order valence-electron chi connectivity index (χ2n) is 5.15. The Bertz CT molecular complexity index is 785. The highest BCUT2D eigenvalue weighted by atomic mass is 79.9. The minimum Gasteiger partial charge on any atom is -0.324 e. The van der Waals surface area contributed by atoms with E-state index in [9.17, 15) is 4.39 Å². The quantitative estimate of drug-likeness (QED) is 0.712. The van der Waals surface area contributed by atoms with E-state index in [1.165, 1.54) is 22.9 Å². The molecule has 0 spiro atoms. The van der Waals surface area contributed by atoms with Crippen LogP contribution in [0.1, 0.15) is 17.2 Å². The zero-order valence-corrected chi connectivity index (χ0v) is 13.0. The van der Waals surface area contributed by atoms with Crippen molar-refractivity contribution >= 4 is 26.7 Å². The minimum absolute atomic E-state index is 0.160. The lowest BCUT2D eigenvalue weighted by Crippen LogP contribution is -2.13. The third kappa shape index (κ3) is 3.14. The highest BCUT2D eigenvalue weighted by Crippen LogP contribution is 2.25. The van der Waals surface area contributed by atoms with Gasteiger partial charge in [0.25, 0.3) is 0 Å². The van der Waals surface area contributed by atoms with Gasteiger partial charge < -0.3 is 5.73 Å². The van der Waals surface area contributed by atoms with Crippen molar-refractivity contribution in [3.63, 3.8) is 0 Å². The van der Waals surface area contributed by atoms with Crippen LogP contribution in [-0.2, 0) is 6.42 Å². The van der Waals surface area contributed by atoms with Crippen molar-refractivity contribution in [3.05, 3.63) is 82.1 Å². The molecular weight excluding hydrogens is 329 g/mol. The highest BCUT2D eigenvalue weighted by Gasteiger charge is 2.11. The first-order chi connectivity index (χ1) is 10.1. The average Bonchev–Trinajstić information content (AvgIpc) is 2.50. The van der Waals surface area contributed by atoms with Crippen LogP contribution in [0, 0.1) is 5.82 Å². The third-order valence-electron chi connectivity index (χ3n) is 3.65. The number of hydrogen-bond donors (Lipinski definition) is 1. The standard InChI is InChI=1S/C18H15BrFN/c19-17-8-7-16(20)10-15(17)11-18(21)14-6-5-12-3-1-2-4-13(12)9-14/h1-10,18H,11,21H2. The molecule has 0 bridgehead atoms. The van der Waals surface area contributed by atoms with E-state index >= 15 is 0 Å². The Balaban J connectivity index is 1.89. The summed E-state index contributed by atoms with van der Waals surface area (Å²) in [5.74, 6) is -0.237. The molecule has 0 aromatic heterocycles. The van der Waals surface area contributed by atoms with Crippen LogP contribution in [0.2, 0.25) is 0 Å². The summed E-state index contributed by atoms with van der Waals surface area (Å²) in [5.41, 5.74) is 8.24. The summed E-state index contributed by atoms with van der Waals surface area (Å²) in [6.07, 6.45) is 0.594. The van der Waals surface area contributed by atoms with Crippen LogP contribution in [0.5, 0.6) is 0 Å². The Morgan fingerprint density at radius 1 is 0.952 bits per heavy atom. The molecule has 3 heteroatoms. The molecule has 3 aromatic rings. The Morgan fingerprint density at radius 2 is 1.71 bits per heavy atom. The van der Waals surface area contributed by atoms with Gasteiger partial charge in [-0.05, 0) is 52.6 Å². The van der Waals surface area contributed by atoms with Gasteiger partial charge in [-0.15, -0.1) is 0 Å². The van der Waals surface area contributed by atoms with Gasteiger partial charge in [0.2, 0.25) is 0 Å². The summed E-state index contributed by atoms with van der Waals surface area (Å²) in [5, 5.41) is 2.36. The van der Waals surface area contributed by atoms with Gasteiger partial charge in [0.1, 0.15) is 5.82 Å². The van der Waals surface area contributed by atoms with Crippen molar-refractivity contribution < 1.29 is 4.39 Å². The minimum atomic E-state index is -0.237. The lowest BCUT2D eigenvalue weighted by atomic mass is 9.97. The first kappa shape index (κ1) is 14.2. The summed E-state index contributed by atoms with van der Waals surface area (Å²) in [6, 6.07) is 18.9. The van der Waals surface area contributed by atoms with E-state index in [-0.39, 0.29) is 11.9 Å². The maximum Gasteiger partial charge on any atom is 0.123 e. The maximum absolute atomic E-state index is 13.3. The number of nitrogens with two attached hydrogens (primary N) is 1. The molecule has 1 atom stereocenters. The molecule has 0 heterocycles. The summed E-state index contributed by atoms with van der Waals surface area (Å²) >= 11 is 3.45. The van der Waals surface area contributed by atoms with E-state index in [4.69, 9.17) is 5.73 Å². The molecule has 0 amide bonds. The molecule has 21 heavy (non-hydrogen) atoms. The van der Waals surface area contributed by atoms with Crippen molar-refractivity contribution in [2.45, 2.75) is 12.5 Å². The molecule has 3 aromatic carbocycles. The Hall–Kier alpha value is -1.71. The molecule has 106 valence electrons. The number of hydrogen-bond acceptors (Lipinski definition) is 1. The second kappa shape index (κ2) is 5.96. The van der Waals surface area contributed by atoms with Crippen molar-refractivity contribution in [1.29, 1.82) is 0 Å². The van der Waals surface area contributed by atoms with Gasteiger partial charge >= 0.3 is 0 Å². The van der Waals surface area contributed by atoms with Gasteiger partial charge in [-0.25, -0.2) is 4.39 Å². The SMILES string of the molecule is NC(Cc1cc(F)ccc1Br)c1ccc2ccccc2c1. The summed E-state index contributed by atoms with van der Waals surface area (Å²) in [4.78, 5) is 0. The summed E-state index contributed by atoms with van der Waals surface area (Å²) in [7, 11) is 0. The van der Waals surface area contributed by atoms with Gasteiger partial charge in [-0.1, -0.05) is 52.3 Å².